The summed E-state index contributed by atoms with van der Waals surface area (Å²) in [5, 5.41) is 2.01. The van der Waals surface area contributed by atoms with E-state index in [4.69, 9.17) is 19.9 Å². The fourth-order valence-corrected chi connectivity index (χ4v) is 3.01. The lowest BCUT2D eigenvalue weighted by atomic mass is 10.1. The normalized spacial score (nSPS) is 24.2. The van der Waals surface area contributed by atoms with E-state index in [9.17, 15) is 0 Å². The Labute approximate surface area is 123 Å². The van der Waals surface area contributed by atoms with Crippen molar-refractivity contribution < 1.29 is 14.2 Å². The third kappa shape index (κ3) is 2.38. The fourth-order valence-electron chi connectivity index (χ4n) is 3.01. The number of aromatic nitrogens is 1. The van der Waals surface area contributed by atoms with Gasteiger partial charge in [0.05, 0.1) is 0 Å². The Morgan fingerprint density at radius 2 is 1.95 bits per heavy atom. The van der Waals surface area contributed by atoms with Gasteiger partial charge in [-0.2, -0.15) is 0 Å². The van der Waals surface area contributed by atoms with Crippen molar-refractivity contribution in [3.8, 4) is 17.4 Å². The maximum Gasteiger partial charge on any atom is 0.221 e. The molecule has 4 rings (SSSR count). The number of hydrogen-bond donors (Lipinski definition) is 1. The van der Waals surface area contributed by atoms with E-state index in [0.29, 0.717) is 19.1 Å². The third-order valence-electron chi connectivity index (χ3n) is 4.09. The van der Waals surface area contributed by atoms with Crippen LogP contribution >= 0.6 is 0 Å². The summed E-state index contributed by atoms with van der Waals surface area (Å²) in [7, 11) is 0. The molecule has 1 aliphatic carbocycles. The summed E-state index contributed by atoms with van der Waals surface area (Å²) in [5.74, 6) is 2.20. The van der Waals surface area contributed by atoms with Crippen molar-refractivity contribution in [2.75, 3.05) is 13.2 Å². The molecule has 0 saturated heterocycles. The summed E-state index contributed by atoms with van der Waals surface area (Å²) < 4.78 is 17.3. The molecule has 2 unspecified atom stereocenters. The molecule has 5 nitrogen and oxygen atoms in total. The van der Waals surface area contributed by atoms with Gasteiger partial charge in [0.25, 0.3) is 0 Å². The van der Waals surface area contributed by atoms with Crippen LogP contribution in [0.15, 0.2) is 24.4 Å². The van der Waals surface area contributed by atoms with Gasteiger partial charge >= 0.3 is 0 Å². The lowest BCUT2D eigenvalue weighted by Gasteiger charge is -2.20. The summed E-state index contributed by atoms with van der Waals surface area (Å²) >= 11 is 0. The minimum absolute atomic E-state index is 0.159. The SMILES string of the molecule is NC1CCC(Oc2nccc3cc4c(cc23)OCCO4)C1. The Morgan fingerprint density at radius 3 is 2.71 bits per heavy atom. The van der Waals surface area contributed by atoms with Gasteiger partial charge in [0.15, 0.2) is 11.5 Å². The standard InChI is InChI=1S/C16H18N2O3/c17-11-1-2-12(8-11)21-16-13-9-15-14(19-5-6-20-15)7-10(13)3-4-18-16/h3-4,7,9,11-12H,1-2,5-6,8,17H2. The van der Waals surface area contributed by atoms with Crippen LogP contribution in [-0.2, 0) is 0 Å². The van der Waals surface area contributed by atoms with Gasteiger partial charge in [0.1, 0.15) is 19.3 Å². The highest BCUT2D eigenvalue weighted by Gasteiger charge is 2.24. The summed E-state index contributed by atoms with van der Waals surface area (Å²) in [6, 6.07) is 6.15. The largest absolute Gasteiger partial charge is 0.486 e. The highest BCUT2D eigenvalue weighted by atomic mass is 16.6. The number of nitrogens with two attached hydrogens (primary N) is 1. The topological polar surface area (TPSA) is 66.6 Å². The van der Waals surface area contributed by atoms with E-state index >= 15 is 0 Å². The first kappa shape index (κ1) is 12.7. The molecule has 0 amide bonds. The Balaban J connectivity index is 1.71. The van der Waals surface area contributed by atoms with Gasteiger partial charge in [-0.15, -0.1) is 0 Å². The lowest BCUT2D eigenvalue weighted by Crippen LogP contribution is -2.19. The number of hydrogen-bond acceptors (Lipinski definition) is 5. The highest BCUT2D eigenvalue weighted by molar-refractivity contribution is 5.90. The van der Waals surface area contributed by atoms with Gasteiger partial charge in [-0.3, -0.25) is 0 Å². The molecule has 1 saturated carbocycles. The average molecular weight is 286 g/mol. The van der Waals surface area contributed by atoms with E-state index in [2.05, 4.69) is 4.98 Å². The number of nitrogens with zero attached hydrogens (tertiary/aromatic N) is 1. The lowest BCUT2D eigenvalue weighted by molar-refractivity contribution is 0.172. The molecule has 2 N–H and O–H groups in total. The molecule has 5 heteroatoms. The van der Waals surface area contributed by atoms with Gasteiger partial charge in [-0.05, 0) is 42.8 Å². The molecule has 2 aliphatic rings. The van der Waals surface area contributed by atoms with Crippen molar-refractivity contribution in [1.29, 1.82) is 0 Å². The average Bonchev–Trinajstić information content (AvgIpc) is 2.91. The van der Waals surface area contributed by atoms with Crippen LogP contribution in [0.4, 0.5) is 0 Å². The predicted octanol–water partition coefficient (Wildman–Crippen LogP) is 2.26. The summed E-state index contributed by atoms with van der Waals surface area (Å²) in [6.45, 7) is 1.17. The van der Waals surface area contributed by atoms with E-state index in [1.165, 1.54) is 0 Å². The van der Waals surface area contributed by atoms with Crippen LogP contribution < -0.4 is 19.9 Å². The number of pyridine rings is 1. The molecule has 0 bridgehead atoms. The maximum atomic E-state index is 6.06. The second-order valence-corrected chi connectivity index (χ2v) is 5.65. The number of rotatable bonds is 2. The van der Waals surface area contributed by atoms with Gasteiger partial charge in [-0.25, -0.2) is 4.98 Å². The monoisotopic (exact) mass is 286 g/mol. The molecule has 1 aromatic carbocycles. The second-order valence-electron chi connectivity index (χ2n) is 5.65. The minimum atomic E-state index is 0.159. The van der Waals surface area contributed by atoms with Crippen LogP contribution in [0.2, 0.25) is 0 Å². The molecular formula is C16H18N2O3. The van der Waals surface area contributed by atoms with Crippen molar-refractivity contribution in [1.82, 2.24) is 4.98 Å². The molecule has 1 aliphatic heterocycles. The van der Waals surface area contributed by atoms with E-state index < -0.39 is 0 Å². The first-order chi connectivity index (χ1) is 10.3. The van der Waals surface area contributed by atoms with Gasteiger partial charge < -0.3 is 19.9 Å². The Hall–Kier alpha value is -2.01. The summed E-state index contributed by atoms with van der Waals surface area (Å²) in [5.41, 5.74) is 5.95. The molecule has 1 fully saturated rings. The van der Waals surface area contributed by atoms with Crippen LogP contribution in [0.1, 0.15) is 19.3 Å². The van der Waals surface area contributed by atoms with Crippen LogP contribution in [0.5, 0.6) is 17.4 Å². The van der Waals surface area contributed by atoms with Crippen molar-refractivity contribution in [3.63, 3.8) is 0 Å². The van der Waals surface area contributed by atoms with E-state index in [1.54, 1.807) is 6.20 Å². The summed E-state index contributed by atoms with van der Waals surface area (Å²) in [4.78, 5) is 4.38. The molecule has 110 valence electrons. The zero-order valence-corrected chi connectivity index (χ0v) is 11.7. The Morgan fingerprint density at radius 1 is 1.14 bits per heavy atom. The number of ether oxygens (including phenoxy) is 3. The number of benzene rings is 1. The van der Waals surface area contributed by atoms with Crippen LogP contribution in [-0.4, -0.2) is 30.3 Å². The van der Waals surface area contributed by atoms with E-state index in [1.807, 2.05) is 18.2 Å². The van der Waals surface area contributed by atoms with Crippen molar-refractivity contribution >= 4 is 10.8 Å². The van der Waals surface area contributed by atoms with Crippen molar-refractivity contribution in [2.45, 2.75) is 31.4 Å². The smallest absolute Gasteiger partial charge is 0.221 e. The van der Waals surface area contributed by atoms with Gasteiger partial charge in [0, 0.05) is 17.6 Å². The molecule has 2 aromatic rings. The second kappa shape index (κ2) is 5.07. The van der Waals surface area contributed by atoms with E-state index in [0.717, 1.165) is 41.5 Å². The van der Waals surface area contributed by atoms with Gasteiger partial charge in [-0.1, -0.05) is 0 Å². The Bertz CT molecular complexity index is 674. The van der Waals surface area contributed by atoms with Crippen molar-refractivity contribution in [3.05, 3.63) is 24.4 Å². The first-order valence-electron chi connectivity index (χ1n) is 7.40. The number of fused-ring (bicyclic) bond motifs is 2. The van der Waals surface area contributed by atoms with Gasteiger partial charge in [0.2, 0.25) is 5.88 Å². The van der Waals surface area contributed by atoms with Crippen LogP contribution in [0.3, 0.4) is 0 Å². The molecular weight excluding hydrogens is 268 g/mol. The predicted molar refractivity (Wildman–Crippen MR) is 79.0 cm³/mol. The van der Waals surface area contributed by atoms with E-state index in [-0.39, 0.29) is 12.1 Å². The summed E-state index contributed by atoms with van der Waals surface area (Å²) in [6.07, 6.45) is 4.82. The first-order valence-corrected chi connectivity index (χ1v) is 7.40. The molecule has 0 spiro atoms. The fraction of sp³-hybridized carbons (Fsp3) is 0.438. The van der Waals surface area contributed by atoms with Crippen LogP contribution in [0.25, 0.3) is 10.8 Å². The maximum absolute atomic E-state index is 6.06. The highest BCUT2D eigenvalue weighted by Crippen LogP contribution is 2.37. The zero-order valence-electron chi connectivity index (χ0n) is 11.7. The van der Waals surface area contributed by atoms with Crippen LogP contribution in [0, 0.1) is 0 Å². The molecule has 2 atom stereocenters. The molecule has 2 heterocycles. The minimum Gasteiger partial charge on any atom is -0.486 e. The third-order valence-corrected chi connectivity index (χ3v) is 4.09. The van der Waals surface area contributed by atoms with Crippen molar-refractivity contribution in [2.24, 2.45) is 5.73 Å². The molecule has 1 aromatic heterocycles. The molecule has 21 heavy (non-hydrogen) atoms. The Kier molecular flexibility index (Phi) is 3.07. The zero-order chi connectivity index (χ0) is 14.2. The molecule has 0 radical (unpaired) electrons. The quantitative estimate of drug-likeness (QED) is 0.917.